The van der Waals surface area contributed by atoms with Gasteiger partial charge in [-0.2, -0.15) is 0 Å². The lowest BCUT2D eigenvalue weighted by Crippen LogP contribution is -2.33. The Hall–Kier alpha value is -0.515. The molecule has 0 radical (unpaired) electrons. The average molecular weight is 200 g/mol. The van der Waals surface area contributed by atoms with Crippen LogP contribution in [-0.4, -0.2) is 23.4 Å². The normalized spacial score (nSPS) is 10.2. The highest BCUT2D eigenvalue weighted by Gasteiger charge is 2.18. The molecule has 0 saturated heterocycles. The topological polar surface area (TPSA) is 40.5 Å². The average Bonchev–Trinajstić information content (AvgIpc) is 2.09. The molecule has 0 bridgehead atoms. The van der Waals surface area contributed by atoms with Crippen molar-refractivity contribution in [3.05, 3.63) is 23.5 Å². The van der Waals surface area contributed by atoms with Crippen LogP contribution in [0.15, 0.2) is 17.0 Å². The second kappa shape index (κ2) is 4.13. The minimum absolute atomic E-state index is 0.0654. The Labute approximate surface area is 80.9 Å². The number of thioether (sulfide) groups is 1. The first-order valence-corrected chi connectivity index (χ1v) is 4.99. The van der Waals surface area contributed by atoms with Crippen molar-refractivity contribution in [3.8, 4) is 0 Å². The second-order valence-corrected chi connectivity index (χ2v) is 3.60. The summed E-state index contributed by atoms with van der Waals surface area (Å²) in [5, 5.41) is 17.7. The van der Waals surface area contributed by atoms with Gasteiger partial charge in [0.25, 0.3) is 0 Å². The van der Waals surface area contributed by atoms with Gasteiger partial charge in [-0.15, -0.1) is 11.8 Å². The molecule has 5 heteroatoms. The van der Waals surface area contributed by atoms with Gasteiger partial charge in [-0.1, -0.05) is 0 Å². The molecule has 0 aliphatic carbocycles. The molecule has 1 aromatic carbocycles. The van der Waals surface area contributed by atoms with Crippen LogP contribution >= 0.6 is 11.8 Å². The van der Waals surface area contributed by atoms with Crippen molar-refractivity contribution >= 4 is 24.3 Å². The summed E-state index contributed by atoms with van der Waals surface area (Å²) in [5.74, 6) is -0.548. The third-order valence-electron chi connectivity index (χ3n) is 1.77. The van der Waals surface area contributed by atoms with Crippen LogP contribution in [0.4, 0.5) is 4.39 Å². The molecule has 2 nitrogen and oxygen atoms in total. The van der Waals surface area contributed by atoms with Gasteiger partial charge < -0.3 is 10.0 Å². The monoisotopic (exact) mass is 200 g/mol. The van der Waals surface area contributed by atoms with Gasteiger partial charge in [0.15, 0.2) is 0 Å². The predicted octanol–water partition coefficient (Wildman–Crippen LogP) is 0.536. The minimum Gasteiger partial charge on any atom is -0.423 e. The number of hydrogen-bond acceptors (Lipinski definition) is 3. The fraction of sp³-hybridized carbons (Fsp3) is 0.250. The van der Waals surface area contributed by atoms with Crippen molar-refractivity contribution in [2.75, 3.05) is 6.26 Å². The predicted molar refractivity (Wildman–Crippen MR) is 52.7 cm³/mol. The van der Waals surface area contributed by atoms with Crippen LogP contribution in [0.5, 0.6) is 0 Å². The molecule has 1 rings (SSSR count). The Morgan fingerprint density at radius 1 is 1.38 bits per heavy atom. The molecule has 0 unspecified atom stereocenters. The molecule has 0 atom stereocenters. The molecule has 70 valence electrons. The van der Waals surface area contributed by atoms with Crippen molar-refractivity contribution in [2.45, 2.75) is 11.8 Å². The summed E-state index contributed by atoms with van der Waals surface area (Å²) < 4.78 is 13.2. The number of halogens is 1. The number of aryl methyl sites for hydroxylation is 1. The fourth-order valence-electron chi connectivity index (χ4n) is 1.07. The molecule has 0 aliphatic heterocycles. The van der Waals surface area contributed by atoms with E-state index >= 15 is 0 Å². The highest BCUT2D eigenvalue weighted by Crippen LogP contribution is 2.16. The van der Waals surface area contributed by atoms with Crippen molar-refractivity contribution in [1.82, 2.24) is 0 Å². The van der Waals surface area contributed by atoms with Crippen LogP contribution in [0.3, 0.4) is 0 Å². The van der Waals surface area contributed by atoms with E-state index in [4.69, 9.17) is 10.0 Å². The molecule has 1 aromatic rings. The van der Waals surface area contributed by atoms with Gasteiger partial charge in [-0.25, -0.2) is 4.39 Å². The van der Waals surface area contributed by atoms with Crippen LogP contribution in [0.25, 0.3) is 0 Å². The quantitative estimate of drug-likeness (QED) is 0.540. The molecule has 0 amide bonds. The molecular formula is C8H10BFO2S. The summed E-state index contributed by atoms with van der Waals surface area (Å²) in [7, 11) is -1.74. The largest absolute Gasteiger partial charge is 0.491 e. The Balaban J connectivity index is 3.25. The van der Waals surface area contributed by atoms with Gasteiger partial charge in [0, 0.05) is 10.4 Å². The van der Waals surface area contributed by atoms with Crippen LogP contribution < -0.4 is 5.46 Å². The number of rotatable bonds is 2. The smallest absolute Gasteiger partial charge is 0.423 e. The highest BCUT2D eigenvalue weighted by atomic mass is 32.2. The molecule has 0 aromatic heterocycles. The van der Waals surface area contributed by atoms with E-state index in [1.54, 1.807) is 13.0 Å². The van der Waals surface area contributed by atoms with Crippen LogP contribution in [-0.2, 0) is 0 Å². The van der Waals surface area contributed by atoms with Crippen LogP contribution in [0.1, 0.15) is 5.56 Å². The van der Waals surface area contributed by atoms with E-state index in [0.29, 0.717) is 5.56 Å². The summed E-state index contributed by atoms with van der Waals surface area (Å²) in [6.07, 6.45) is 1.85. The lowest BCUT2D eigenvalue weighted by Gasteiger charge is -2.06. The third kappa shape index (κ3) is 2.24. The molecular weight excluding hydrogens is 190 g/mol. The zero-order chi connectivity index (χ0) is 10.0. The third-order valence-corrected chi connectivity index (χ3v) is 2.48. The molecule has 2 N–H and O–H groups in total. The van der Waals surface area contributed by atoms with Gasteiger partial charge in [-0.05, 0) is 30.9 Å². The summed E-state index contributed by atoms with van der Waals surface area (Å²) in [4.78, 5) is 0.821. The number of benzene rings is 1. The molecule has 0 fully saturated rings. The zero-order valence-electron chi connectivity index (χ0n) is 7.41. The Bertz CT molecular complexity index is 317. The van der Waals surface area contributed by atoms with Gasteiger partial charge in [0.05, 0.1) is 0 Å². The Morgan fingerprint density at radius 2 is 2.00 bits per heavy atom. The summed E-state index contributed by atoms with van der Waals surface area (Å²) in [6.45, 7) is 1.60. The van der Waals surface area contributed by atoms with Crippen molar-refractivity contribution in [3.63, 3.8) is 0 Å². The summed E-state index contributed by atoms with van der Waals surface area (Å²) in [5.41, 5.74) is 0.360. The fourth-order valence-corrected chi connectivity index (χ4v) is 1.61. The molecule has 0 aliphatic rings. The Kier molecular flexibility index (Phi) is 3.36. The maximum Gasteiger partial charge on any atom is 0.491 e. The van der Waals surface area contributed by atoms with Gasteiger partial charge in [0.1, 0.15) is 5.82 Å². The van der Waals surface area contributed by atoms with Gasteiger partial charge in [-0.3, -0.25) is 0 Å². The standard InChI is InChI=1S/C8H10BFO2S/c1-5-3-6(13-2)4-7(8(5)10)9(11)12/h3-4,11-12H,1-2H3. The Morgan fingerprint density at radius 3 is 2.46 bits per heavy atom. The maximum absolute atomic E-state index is 13.2. The molecule has 0 spiro atoms. The molecule has 0 saturated carbocycles. The van der Waals surface area contributed by atoms with Crippen molar-refractivity contribution < 1.29 is 14.4 Å². The van der Waals surface area contributed by atoms with E-state index in [0.717, 1.165) is 4.90 Å². The van der Waals surface area contributed by atoms with Crippen LogP contribution in [0.2, 0.25) is 0 Å². The highest BCUT2D eigenvalue weighted by molar-refractivity contribution is 7.98. The SMILES string of the molecule is CSc1cc(C)c(F)c(B(O)O)c1. The summed E-state index contributed by atoms with van der Waals surface area (Å²) in [6, 6.07) is 3.11. The zero-order valence-corrected chi connectivity index (χ0v) is 8.23. The van der Waals surface area contributed by atoms with E-state index in [9.17, 15) is 4.39 Å². The van der Waals surface area contributed by atoms with E-state index in [1.165, 1.54) is 17.8 Å². The van der Waals surface area contributed by atoms with Crippen LogP contribution in [0, 0.1) is 12.7 Å². The molecule has 13 heavy (non-hydrogen) atoms. The van der Waals surface area contributed by atoms with E-state index < -0.39 is 12.9 Å². The lowest BCUT2D eigenvalue weighted by molar-refractivity contribution is 0.422. The first kappa shape index (κ1) is 10.6. The lowest BCUT2D eigenvalue weighted by atomic mass is 9.79. The first-order valence-electron chi connectivity index (χ1n) is 3.76. The van der Waals surface area contributed by atoms with E-state index in [1.807, 2.05) is 6.26 Å². The molecule has 0 heterocycles. The van der Waals surface area contributed by atoms with Gasteiger partial charge >= 0.3 is 7.12 Å². The minimum atomic E-state index is -1.74. The summed E-state index contributed by atoms with van der Waals surface area (Å²) >= 11 is 1.43. The maximum atomic E-state index is 13.2. The van der Waals surface area contributed by atoms with Crippen molar-refractivity contribution in [2.24, 2.45) is 0 Å². The second-order valence-electron chi connectivity index (χ2n) is 2.72. The van der Waals surface area contributed by atoms with E-state index in [-0.39, 0.29) is 5.46 Å². The number of hydrogen-bond donors (Lipinski definition) is 2. The first-order chi connectivity index (χ1) is 6.06. The van der Waals surface area contributed by atoms with Crippen molar-refractivity contribution in [1.29, 1.82) is 0 Å². The van der Waals surface area contributed by atoms with E-state index in [2.05, 4.69) is 0 Å². The van der Waals surface area contributed by atoms with Gasteiger partial charge in [0.2, 0.25) is 0 Å².